The minimum absolute atomic E-state index is 0.603. The van der Waals surface area contributed by atoms with Gasteiger partial charge in [-0.1, -0.05) is 13.8 Å². The minimum atomic E-state index is 0.603. The standard InChI is InChI=1S/C14H27N5/c1-11(2)10-16-14-9-13(17-12(3)18-14)15-7-6-8-19(4)5/h9,11H,6-8,10H2,1-5H3,(H2,15,16,17,18). The smallest absolute Gasteiger partial charge is 0.131 e. The molecular weight excluding hydrogens is 238 g/mol. The molecule has 2 N–H and O–H groups in total. The summed E-state index contributed by atoms with van der Waals surface area (Å²) in [6.45, 7) is 9.22. The molecule has 0 aliphatic carbocycles. The average molecular weight is 265 g/mol. The highest BCUT2D eigenvalue weighted by molar-refractivity contribution is 5.47. The summed E-state index contributed by atoms with van der Waals surface area (Å²) in [6.07, 6.45) is 1.10. The highest BCUT2D eigenvalue weighted by Crippen LogP contribution is 2.11. The third-order valence-corrected chi connectivity index (χ3v) is 2.62. The predicted octanol–water partition coefficient (Wildman–Crippen LogP) is 2.22. The van der Waals surface area contributed by atoms with Crippen molar-refractivity contribution in [2.24, 2.45) is 5.92 Å². The maximum absolute atomic E-state index is 4.40. The minimum Gasteiger partial charge on any atom is -0.370 e. The molecule has 108 valence electrons. The molecule has 0 unspecified atom stereocenters. The fourth-order valence-electron chi connectivity index (χ4n) is 1.67. The van der Waals surface area contributed by atoms with Crippen molar-refractivity contribution in [1.82, 2.24) is 14.9 Å². The molecule has 0 aliphatic rings. The zero-order chi connectivity index (χ0) is 14.3. The molecule has 1 aromatic heterocycles. The molecule has 1 rings (SSSR count). The Morgan fingerprint density at radius 3 is 2.37 bits per heavy atom. The molecule has 0 spiro atoms. The van der Waals surface area contributed by atoms with Crippen molar-refractivity contribution in [2.75, 3.05) is 44.4 Å². The molecule has 0 fully saturated rings. The number of hydrogen-bond donors (Lipinski definition) is 2. The molecular formula is C14H27N5. The van der Waals surface area contributed by atoms with Gasteiger partial charge in [0.05, 0.1) is 0 Å². The molecule has 0 bridgehead atoms. The van der Waals surface area contributed by atoms with Gasteiger partial charge in [0.1, 0.15) is 17.5 Å². The summed E-state index contributed by atoms with van der Waals surface area (Å²) in [6, 6.07) is 1.98. The van der Waals surface area contributed by atoms with Gasteiger partial charge < -0.3 is 15.5 Å². The van der Waals surface area contributed by atoms with Crippen LogP contribution >= 0.6 is 0 Å². The van der Waals surface area contributed by atoms with Crippen LogP contribution in [0.4, 0.5) is 11.6 Å². The van der Waals surface area contributed by atoms with Crippen LogP contribution in [-0.2, 0) is 0 Å². The van der Waals surface area contributed by atoms with Crippen LogP contribution in [0.5, 0.6) is 0 Å². The zero-order valence-electron chi connectivity index (χ0n) is 12.8. The van der Waals surface area contributed by atoms with E-state index in [-0.39, 0.29) is 0 Å². The summed E-state index contributed by atoms with van der Waals surface area (Å²) in [5.74, 6) is 3.20. The topological polar surface area (TPSA) is 53.1 Å². The van der Waals surface area contributed by atoms with Crippen LogP contribution in [0.1, 0.15) is 26.1 Å². The highest BCUT2D eigenvalue weighted by atomic mass is 15.1. The van der Waals surface area contributed by atoms with Gasteiger partial charge in [-0.05, 0) is 39.9 Å². The van der Waals surface area contributed by atoms with Crippen LogP contribution in [0, 0.1) is 12.8 Å². The van der Waals surface area contributed by atoms with Crippen molar-refractivity contribution in [3.05, 3.63) is 11.9 Å². The number of aryl methyl sites for hydroxylation is 1. The SMILES string of the molecule is Cc1nc(NCCCN(C)C)cc(NCC(C)C)n1. The van der Waals surface area contributed by atoms with Crippen LogP contribution in [0.3, 0.4) is 0 Å². The molecule has 5 nitrogen and oxygen atoms in total. The lowest BCUT2D eigenvalue weighted by atomic mass is 10.2. The van der Waals surface area contributed by atoms with Crippen LogP contribution in [0.15, 0.2) is 6.07 Å². The van der Waals surface area contributed by atoms with Gasteiger partial charge >= 0.3 is 0 Å². The zero-order valence-corrected chi connectivity index (χ0v) is 12.8. The Morgan fingerprint density at radius 2 is 1.79 bits per heavy atom. The van der Waals surface area contributed by atoms with E-state index in [0.717, 1.165) is 43.5 Å². The first kappa shape index (κ1) is 15.7. The molecule has 19 heavy (non-hydrogen) atoms. The Labute approximate surface area is 116 Å². The fourth-order valence-corrected chi connectivity index (χ4v) is 1.67. The number of anilines is 2. The first-order valence-corrected chi connectivity index (χ1v) is 6.95. The molecule has 0 aliphatic heterocycles. The maximum Gasteiger partial charge on any atom is 0.131 e. The van der Waals surface area contributed by atoms with Gasteiger partial charge in [0.2, 0.25) is 0 Å². The molecule has 0 atom stereocenters. The van der Waals surface area contributed by atoms with Crippen molar-refractivity contribution in [2.45, 2.75) is 27.2 Å². The second kappa shape index (κ2) is 7.94. The van der Waals surface area contributed by atoms with E-state index in [1.165, 1.54) is 0 Å². The van der Waals surface area contributed by atoms with Crippen LogP contribution in [0.2, 0.25) is 0 Å². The number of aromatic nitrogens is 2. The normalized spacial score (nSPS) is 11.1. The largest absolute Gasteiger partial charge is 0.370 e. The lowest BCUT2D eigenvalue weighted by Gasteiger charge is -2.12. The van der Waals surface area contributed by atoms with Gasteiger partial charge in [-0.25, -0.2) is 9.97 Å². The average Bonchev–Trinajstić information content (AvgIpc) is 2.31. The Morgan fingerprint density at radius 1 is 1.16 bits per heavy atom. The summed E-state index contributed by atoms with van der Waals surface area (Å²) in [5, 5.41) is 6.69. The molecule has 0 saturated carbocycles. The predicted molar refractivity (Wildman–Crippen MR) is 81.8 cm³/mol. The van der Waals surface area contributed by atoms with Gasteiger partial charge in [0.25, 0.3) is 0 Å². The molecule has 1 aromatic rings. The first-order valence-electron chi connectivity index (χ1n) is 6.95. The second-order valence-electron chi connectivity index (χ2n) is 5.54. The van der Waals surface area contributed by atoms with E-state index in [1.807, 2.05) is 13.0 Å². The Balaban J connectivity index is 2.48. The van der Waals surface area contributed by atoms with Crippen LogP contribution in [-0.4, -0.2) is 48.6 Å². The number of rotatable bonds is 8. The van der Waals surface area contributed by atoms with Crippen LogP contribution < -0.4 is 10.6 Å². The molecule has 5 heteroatoms. The van der Waals surface area contributed by atoms with Crippen molar-refractivity contribution in [3.63, 3.8) is 0 Å². The highest BCUT2D eigenvalue weighted by Gasteiger charge is 2.02. The van der Waals surface area contributed by atoms with Crippen LogP contribution in [0.25, 0.3) is 0 Å². The van der Waals surface area contributed by atoms with E-state index in [1.54, 1.807) is 0 Å². The van der Waals surface area contributed by atoms with Gasteiger partial charge in [0.15, 0.2) is 0 Å². The van der Waals surface area contributed by atoms with Crippen molar-refractivity contribution < 1.29 is 0 Å². The Hall–Kier alpha value is -1.36. The van der Waals surface area contributed by atoms with Crippen molar-refractivity contribution >= 4 is 11.6 Å². The molecule has 0 radical (unpaired) electrons. The second-order valence-corrected chi connectivity index (χ2v) is 5.54. The lowest BCUT2D eigenvalue weighted by molar-refractivity contribution is 0.405. The summed E-state index contributed by atoms with van der Waals surface area (Å²) in [5.41, 5.74) is 0. The van der Waals surface area contributed by atoms with Crippen molar-refractivity contribution in [3.8, 4) is 0 Å². The number of nitrogens with zero attached hydrogens (tertiary/aromatic N) is 3. The van der Waals surface area contributed by atoms with Gasteiger partial charge in [-0.3, -0.25) is 0 Å². The quantitative estimate of drug-likeness (QED) is 0.706. The molecule has 0 amide bonds. The van der Waals surface area contributed by atoms with E-state index in [2.05, 4.69) is 53.4 Å². The third-order valence-electron chi connectivity index (χ3n) is 2.62. The first-order chi connectivity index (χ1) is 8.97. The summed E-state index contributed by atoms with van der Waals surface area (Å²) >= 11 is 0. The van der Waals surface area contributed by atoms with Gasteiger partial charge in [-0.15, -0.1) is 0 Å². The molecule has 0 saturated heterocycles. The van der Waals surface area contributed by atoms with E-state index in [0.29, 0.717) is 5.92 Å². The van der Waals surface area contributed by atoms with Gasteiger partial charge in [-0.2, -0.15) is 0 Å². The van der Waals surface area contributed by atoms with Gasteiger partial charge in [0, 0.05) is 19.2 Å². The molecule has 1 heterocycles. The number of nitrogens with one attached hydrogen (secondary N) is 2. The van der Waals surface area contributed by atoms with E-state index in [9.17, 15) is 0 Å². The Kier molecular flexibility index (Phi) is 6.56. The van der Waals surface area contributed by atoms with E-state index in [4.69, 9.17) is 0 Å². The number of hydrogen-bond acceptors (Lipinski definition) is 5. The summed E-state index contributed by atoms with van der Waals surface area (Å²) < 4.78 is 0. The Bertz CT molecular complexity index is 376. The molecule has 0 aromatic carbocycles. The van der Waals surface area contributed by atoms with Crippen molar-refractivity contribution in [1.29, 1.82) is 0 Å². The summed E-state index contributed by atoms with van der Waals surface area (Å²) in [7, 11) is 4.17. The third kappa shape index (κ3) is 6.96. The summed E-state index contributed by atoms with van der Waals surface area (Å²) in [4.78, 5) is 11.0. The lowest BCUT2D eigenvalue weighted by Crippen LogP contribution is -2.17. The monoisotopic (exact) mass is 265 g/mol. The van der Waals surface area contributed by atoms with E-state index >= 15 is 0 Å². The van der Waals surface area contributed by atoms with E-state index < -0.39 is 0 Å². The maximum atomic E-state index is 4.40. The fraction of sp³-hybridized carbons (Fsp3) is 0.714.